The lowest BCUT2D eigenvalue weighted by Gasteiger charge is -2.32. The molecule has 1 aromatic rings. The van der Waals surface area contributed by atoms with Crippen LogP contribution in [0.25, 0.3) is 0 Å². The number of thiophene rings is 1. The fraction of sp³-hybridized carbons (Fsp3) is 0.692. The molecule has 0 saturated carbocycles. The van der Waals surface area contributed by atoms with Crippen LogP contribution < -0.4 is 5.32 Å². The fourth-order valence-corrected chi connectivity index (χ4v) is 3.06. The van der Waals surface area contributed by atoms with Gasteiger partial charge in [-0.15, -0.1) is 11.3 Å². The van der Waals surface area contributed by atoms with E-state index in [-0.39, 0.29) is 0 Å². The maximum Gasteiger partial charge on any atom is 0.0619 e. The number of morpholine rings is 1. The van der Waals surface area contributed by atoms with Gasteiger partial charge in [-0.2, -0.15) is 0 Å². The Labute approximate surface area is 108 Å². The molecular weight excluding hydrogens is 232 g/mol. The Morgan fingerprint density at radius 3 is 3.06 bits per heavy atom. The van der Waals surface area contributed by atoms with Crippen LogP contribution in [0.2, 0.25) is 0 Å². The van der Waals surface area contributed by atoms with Gasteiger partial charge in [-0.05, 0) is 25.6 Å². The first-order valence-corrected chi connectivity index (χ1v) is 7.21. The van der Waals surface area contributed by atoms with E-state index in [1.54, 1.807) is 0 Å². The van der Waals surface area contributed by atoms with Gasteiger partial charge in [0.2, 0.25) is 0 Å². The van der Waals surface area contributed by atoms with E-state index in [1.165, 1.54) is 9.75 Å². The van der Waals surface area contributed by atoms with E-state index in [2.05, 4.69) is 36.2 Å². The van der Waals surface area contributed by atoms with Crippen molar-refractivity contribution < 1.29 is 4.74 Å². The average Bonchev–Trinajstić information content (AvgIpc) is 2.77. The van der Waals surface area contributed by atoms with Gasteiger partial charge in [0.15, 0.2) is 0 Å². The molecule has 0 bridgehead atoms. The normalized spacial score (nSPS) is 21.9. The van der Waals surface area contributed by atoms with Gasteiger partial charge in [-0.1, -0.05) is 6.92 Å². The van der Waals surface area contributed by atoms with Gasteiger partial charge in [-0.25, -0.2) is 0 Å². The quantitative estimate of drug-likeness (QED) is 0.870. The van der Waals surface area contributed by atoms with Crippen LogP contribution in [0.1, 0.15) is 23.6 Å². The van der Waals surface area contributed by atoms with Gasteiger partial charge in [0.05, 0.1) is 13.2 Å². The summed E-state index contributed by atoms with van der Waals surface area (Å²) >= 11 is 1.92. The van der Waals surface area contributed by atoms with E-state index in [1.807, 2.05) is 11.3 Å². The molecule has 2 heterocycles. The molecule has 4 heteroatoms. The second kappa shape index (κ2) is 6.50. The van der Waals surface area contributed by atoms with Crippen LogP contribution in [0.5, 0.6) is 0 Å². The van der Waals surface area contributed by atoms with E-state index in [0.717, 1.165) is 39.4 Å². The topological polar surface area (TPSA) is 24.5 Å². The summed E-state index contributed by atoms with van der Waals surface area (Å²) in [5.41, 5.74) is 0. The van der Waals surface area contributed by atoms with Gasteiger partial charge in [-0.3, -0.25) is 4.90 Å². The number of rotatable bonds is 5. The highest BCUT2D eigenvalue weighted by Crippen LogP contribution is 2.20. The molecular formula is C13H22N2OS. The summed E-state index contributed by atoms with van der Waals surface area (Å²) in [5, 5.41) is 3.37. The summed E-state index contributed by atoms with van der Waals surface area (Å²) in [5.74, 6) is 0. The Morgan fingerprint density at radius 1 is 1.47 bits per heavy atom. The summed E-state index contributed by atoms with van der Waals surface area (Å²) in [6.07, 6.45) is 0. The molecule has 1 unspecified atom stereocenters. The minimum atomic E-state index is 0.545. The van der Waals surface area contributed by atoms with Crippen molar-refractivity contribution in [2.75, 3.05) is 26.3 Å². The van der Waals surface area contributed by atoms with Gasteiger partial charge < -0.3 is 10.1 Å². The monoisotopic (exact) mass is 254 g/mol. The third-order valence-electron chi connectivity index (χ3n) is 3.13. The lowest BCUT2D eigenvalue weighted by Crippen LogP contribution is -2.42. The van der Waals surface area contributed by atoms with Gasteiger partial charge in [0.25, 0.3) is 0 Å². The zero-order valence-electron chi connectivity index (χ0n) is 10.7. The summed E-state index contributed by atoms with van der Waals surface area (Å²) in [6, 6.07) is 5.05. The van der Waals surface area contributed by atoms with Crippen molar-refractivity contribution >= 4 is 11.3 Å². The van der Waals surface area contributed by atoms with E-state index in [0.29, 0.717) is 6.04 Å². The number of hydrogen-bond acceptors (Lipinski definition) is 4. The molecule has 1 aromatic heterocycles. The summed E-state index contributed by atoms with van der Waals surface area (Å²) in [4.78, 5) is 5.40. The minimum Gasteiger partial charge on any atom is -0.379 e. The molecule has 0 radical (unpaired) electrons. The second-order valence-corrected chi connectivity index (χ2v) is 5.80. The van der Waals surface area contributed by atoms with Crippen LogP contribution in [0.4, 0.5) is 0 Å². The van der Waals surface area contributed by atoms with Crippen molar-refractivity contribution in [2.45, 2.75) is 33.0 Å². The summed E-state index contributed by atoms with van der Waals surface area (Å²) < 4.78 is 5.46. The molecule has 1 atom stereocenters. The molecule has 0 amide bonds. The van der Waals surface area contributed by atoms with E-state index in [9.17, 15) is 0 Å². The van der Waals surface area contributed by atoms with E-state index < -0.39 is 0 Å². The Bertz CT molecular complexity index is 340. The lowest BCUT2D eigenvalue weighted by molar-refractivity contribution is -0.00391. The van der Waals surface area contributed by atoms with Crippen LogP contribution in [-0.2, 0) is 17.8 Å². The molecule has 2 rings (SSSR count). The first-order chi connectivity index (χ1) is 8.29. The molecule has 1 saturated heterocycles. The lowest BCUT2D eigenvalue weighted by atomic mass is 10.2. The number of nitrogens with one attached hydrogen (secondary N) is 1. The Kier molecular flexibility index (Phi) is 4.98. The molecule has 17 heavy (non-hydrogen) atoms. The van der Waals surface area contributed by atoms with Crippen LogP contribution in [0, 0.1) is 0 Å². The van der Waals surface area contributed by atoms with Crippen molar-refractivity contribution in [3.8, 4) is 0 Å². The Hall–Kier alpha value is -0.420. The predicted molar refractivity (Wildman–Crippen MR) is 72.4 cm³/mol. The van der Waals surface area contributed by atoms with Gasteiger partial charge in [0, 0.05) is 35.4 Å². The van der Waals surface area contributed by atoms with Crippen LogP contribution in [-0.4, -0.2) is 37.2 Å². The Morgan fingerprint density at radius 2 is 2.29 bits per heavy atom. The largest absolute Gasteiger partial charge is 0.379 e. The smallest absolute Gasteiger partial charge is 0.0619 e. The van der Waals surface area contributed by atoms with Crippen molar-refractivity contribution in [2.24, 2.45) is 0 Å². The molecule has 1 aliphatic rings. The standard InChI is InChI=1S/C13H22N2OS/c1-3-14-8-12-4-5-13(17-12)9-15-6-7-16-10-11(15)2/h4-5,11,14H,3,6-10H2,1-2H3. The molecule has 1 fully saturated rings. The van der Waals surface area contributed by atoms with Crippen LogP contribution in [0.3, 0.4) is 0 Å². The Balaban J connectivity index is 1.87. The zero-order chi connectivity index (χ0) is 12.1. The number of nitrogens with zero attached hydrogens (tertiary/aromatic N) is 1. The van der Waals surface area contributed by atoms with Crippen molar-refractivity contribution in [3.05, 3.63) is 21.9 Å². The summed E-state index contributed by atoms with van der Waals surface area (Å²) in [6.45, 7) is 10.3. The van der Waals surface area contributed by atoms with E-state index >= 15 is 0 Å². The van der Waals surface area contributed by atoms with Crippen LogP contribution >= 0.6 is 11.3 Å². The van der Waals surface area contributed by atoms with Crippen molar-refractivity contribution in [3.63, 3.8) is 0 Å². The molecule has 3 nitrogen and oxygen atoms in total. The highest BCUT2D eigenvalue weighted by Gasteiger charge is 2.19. The molecule has 1 aliphatic heterocycles. The third kappa shape index (κ3) is 3.78. The van der Waals surface area contributed by atoms with Gasteiger partial charge in [0.1, 0.15) is 0 Å². The molecule has 0 spiro atoms. The maximum absolute atomic E-state index is 5.46. The first-order valence-electron chi connectivity index (χ1n) is 6.39. The predicted octanol–water partition coefficient (Wildman–Crippen LogP) is 2.08. The number of hydrogen-bond donors (Lipinski definition) is 1. The highest BCUT2D eigenvalue weighted by atomic mass is 32.1. The SMILES string of the molecule is CCNCc1ccc(CN2CCOCC2C)s1. The molecule has 0 aliphatic carbocycles. The molecule has 0 aromatic carbocycles. The minimum absolute atomic E-state index is 0.545. The zero-order valence-corrected chi connectivity index (χ0v) is 11.6. The average molecular weight is 254 g/mol. The fourth-order valence-electron chi connectivity index (χ4n) is 2.05. The second-order valence-electron chi connectivity index (χ2n) is 4.54. The van der Waals surface area contributed by atoms with Crippen molar-refractivity contribution in [1.82, 2.24) is 10.2 Å². The highest BCUT2D eigenvalue weighted by molar-refractivity contribution is 7.11. The van der Waals surface area contributed by atoms with E-state index in [4.69, 9.17) is 4.74 Å². The molecule has 1 N–H and O–H groups in total. The third-order valence-corrected chi connectivity index (χ3v) is 4.20. The molecule has 96 valence electrons. The van der Waals surface area contributed by atoms with Crippen LogP contribution in [0.15, 0.2) is 12.1 Å². The first kappa shape index (κ1) is 13.0. The van der Waals surface area contributed by atoms with Gasteiger partial charge >= 0.3 is 0 Å². The number of ether oxygens (including phenoxy) is 1. The van der Waals surface area contributed by atoms with Crippen molar-refractivity contribution in [1.29, 1.82) is 0 Å². The maximum atomic E-state index is 5.46. The summed E-state index contributed by atoms with van der Waals surface area (Å²) in [7, 11) is 0.